The molecule has 0 bridgehead atoms. The number of carbonyl (C=O) groups excluding carboxylic acids is 1. The van der Waals surface area contributed by atoms with Gasteiger partial charge in [-0.25, -0.2) is 13.9 Å². The van der Waals surface area contributed by atoms with E-state index in [9.17, 15) is 9.18 Å². The van der Waals surface area contributed by atoms with E-state index < -0.39 is 5.91 Å². The predicted molar refractivity (Wildman–Crippen MR) is 93.7 cm³/mol. The molecule has 3 heterocycles. The monoisotopic (exact) mass is 370 g/mol. The van der Waals surface area contributed by atoms with Gasteiger partial charge in [0.15, 0.2) is 11.5 Å². The van der Waals surface area contributed by atoms with Crippen LogP contribution in [0.5, 0.6) is 0 Å². The van der Waals surface area contributed by atoms with E-state index in [0.717, 1.165) is 5.56 Å². The van der Waals surface area contributed by atoms with E-state index >= 15 is 0 Å². The quantitative estimate of drug-likeness (QED) is 0.599. The van der Waals surface area contributed by atoms with E-state index in [-0.39, 0.29) is 11.6 Å². The van der Waals surface area contributed by atoms with Crippen molar-refractivity contribution in [3.63, 3.8) is 0 Å². The Kier molecular flexibility index (Phi) is 4.10. The van der Waals surface area contributed by atoms with Crippen LogP contribution in [0.4, 0.5) is 10.2 Å². The Labute approximate surface area is 152 Å². The molecule has 0 unspecified atom stereocenters. The molecule has 0 saturated heterocycles. The molecule has 1 amide bonds. The normalized spacial score (nSPS) is 11.0. The van der Waals surface area contributed by atoms with Crippen LogP contribution in [0.1, 0.15) is 15.9 Å². The molecule has 0 atom stereocenters. The van der Waals surface area contributed by atoms with Crippen molar-refractivity contribution in [2.24, 2.45) is 0 Å². The summed E-state index contributed by atoms with van der Waals surface area (Å²) in [4.78, 5) is 16.6. The molecular formula is C17H12ClFN6O. The van der Waals surface area contributed by atoms with E-state index in [0.29, 0.717) is 22.8 Å². The summed E-state index contributed by atoms with van der Waals surface area (Å²) in [5, 5.41) is 11.3. The minimum atomic E-state index is -0.410. The lowest BCUT2D eigenvalue weighted by atomic mass is 10.2. The van der Waals surface area contributed by atoms with Gasteiger partial charge in [0, 0.05) is 18.6 Å². The fourth-order valence-electron chi connectivity index (χ4n) is 2.50. The summed E-state index contributed by atoms with van der Waals surface area (Å²) in [6.45, 7) is 0.397. The fourth-order valence-corrected chi connectivity index (χ4v) is 2.70. The molecule has 0 saturated carbocycles. The van der Waals surface area contributed by atoms with Crippen molar-refractivity contribution < 1.29 is 9.18 Å². The first-order chi connectivity index (χ1) is 12.6. The summed E-state index contributed by atoms with van der Waals surface area (Å²) < 4.78 is 16.1. The summed E-state index contributed by atoms with van der Waals surface area (Å²) in [6, 6.07) is 7.79. The first-order valence-corrected chi connectivity index (χ1v) is 8.05. The Hall–Kier alpha value is -3.26. The first-order valence-electron chi connectivity index (χ1n) is 7.67. The Bertz CT molecular complexity index is 1090. The van der Waals surface area contributed by atoms with Crippen molar-refractivity contribution >= 4 is 29.0 Å². The minimum absolute atomic E-state index is 0.231. The molecule has 0 radical (unpaired) electrons. The number of benzene rings is 1. The summed E-state index contributed by atoms with van der Waals surface area (Å²) in [6.07, 6.45) is 6.30. The van der Waals surface area contributed by atoms with Crippen molar-refractivity contribution in [2.75, 3.05) is 5.32 Å². The van der Waals surface area contributed by atoms with Crippen LogP contribution in [0, 0.1) is 5.82 Å². The van der Waals surface area contributed by atoms with Gasteiger partial charge in [-0.05, 0) is 23.8 Å². The van der Waals surface area contributed by atoms with Crippen LogP contribution in [0.2, 0.25) is 5.02 Å². The highest BCUT2D eigenvalue weighted by atomic mass is 35.5. The zero-order valence-corrected chi connectivity index (χ0v) is 14.1. The van der Waals surface area contributed by atoms with Crippen LogP contribution in [0.15, 0.2) is 55.1 Å². The lowest BCUT2D eigenvalue weighted by molar-refractivity contribution is 0.102. The number of amides is 1. The Balaban J connectivity index is 1.54. The molecule has 26 heavy (non-hydrogen) atoms. The number of aromatic nitrogens is 5. The number of nitrogens with zero attached hydrogens (tertiary/aromatic N) is 5. The van der Waals surface area contributed by atoms with Crippen LogP contribution < -0.4 is 5.32 Å². The molecule has 3 aromatic heterocycles. The summed E-state index contributed by atoms with van der Waals surface area (Å²) >= 11 is 6.17. The maximum Gasteiger partial charge on any atom is 0.262 e. The molecule has 1 aromatic carbocycles. The maximum absolute atomic E-state index is 13.0. The number of rotatable bonds is 4. The minimum Gasteiger partial charge on any atom is -0.304 e. The topological polar surface area (TPSA) is 77.1 Å². The number of anilines is 1. The molecule has 1 N–H and O–H groups in total. The van der Waals surface area contributed by atoms with Crippen molar-refractivity contribution in [1.82, 2.24) is 24.4 Å². The Morgan fingerprint density at radius 3 is 2.88 bits per heavy atom. The zero-order valence-electron chi connectivity index (χ0n) is 13.3. The van der Waals surface area contributed by atoms with Gasteiger partial charge in [-0.1, -0.05) is 23.7 Å². The number of hydrogen-bond acceptors (Lipinski definition) is 4. The van der Waals surface area contributed by atoms with Gasteiger partial charge in [0.05, 0.1) is 12.7 Å². The third kappa shape index (κ3) is 3.14. The number of fused-ring (bicyclic) bond motifs is 1. The summed E-state index contributed by atoms with van der Waals surface area (Å²) in [5.74, 6) is -0.482. The molecule has 0 aliphatic carbocycles. The highest BCUT2D eigenvalue weighted by molar-refractivity contribution is 6.33. The van der Waals surface area contributed by atoms with Crippen LogP contribution >= 0.6 is 11.6 Å². The second kappa shape index (κ2) is 6.57. The second-order valence-corrected chi connectivity index (χ2v) is 5.96. The molecule has 9 heteroatoms. The SMILES string of the molecule is O=C(Nc1nn(Cc2ccc(F)cc2)cc1Cl)c1cnn2cccnc12. The van der Waals surface area contributed by atoms with Gasteiger partial charge in [0.1, 0.15) is 16.4 Å². The van der Waals surface area contributed by atoms with Gasteiger partial charge in [0.2, 0.25) is 0 Å². The van der Waals surface area contributed by atoms with Crippen molar-refractivity contribution in [2.45, 2.75) is 6.54 Å². The van der Waals surface area contributed by atoms with Gasteiger partial charge in [0.25, 0.3) is 5.91 Å². The van der Waals surface area contributed by atoms with Gasteiger partial charge in [-0.3, -0.25) is 9.48 Å². The maximum atomic E-state index is 13.0. The lowest BCUT2D eigenvalue weighted by Gasteiger charge is -2.02. The molecular weight excluding hydrogens is 359 g/mol. The van der Waals surface area contributed by atoms with Crippen LogP contribution in [0.25, 0.3) is 5.65 Å². The smallest absolute Gasteiger partial charge is 0.262 e. The first kappa shape index (κ1) is 16.2. The Morgan fingerprint density at radius 2 is 2.08 bits per heavy atom. The second-order valence-electron chi connectivity index (χ2n) is 5.55. The zero-order chi connectivity index (χ0) is 18.1. The van der Waals surface area contributed by atoms with Crippen LogP contribution in [-0.4, -0.2) is 30.3 Å². The van der Waals surface area contributed by atoms with E-state index in [1.807, 2.05) is 0 Å². The number of nitrogens with one attached hydrogen (secondary N) is 1. The van der Waals surface area contributed by atoms with Crippen molar-refractivity contribution in [3.8, 4) is 0 Å². The van der Waals surface area contributed by atoms with Gasteiger partial charge < -0.3 is 5.32 Å². The molecule has 0 spiro atoms. The third-order valence-corrected chi connectivity index (χ3v) is 4.01. The number of halogens is 2. The highest BCUT2D eigenvalue weighted by Crippen LogP contribution is 2.21. The third-order valence-electron chi connectivity index (χ3n) is 3.73. The van der Waals surface area contributed by atoms with Crippen molar-refractivity contribution in [1.29, 1.82) is 0 Å². The average Bonchev–Trinajstić information content (AvgIpc) is 3.21. The molecule has 4 aromatic rings. The van der Waals surface area contributed by atoms with E-state index in [1.165, 1.54) is 22.8 Å². The molecule has 0 aliphatic heterocycles. The summed E-state index contributed by atoms with van der Waals surface area (Å²) in [5.41, 5.74) is 1.61. The lowest BCUT2D eigenvalue weighted by Crippen LogP contribution is -2.13. The molecule has 7 nitrogen and oxygen atoms in total. The molecule has 4 rings (SSSR count). The van der Waals surface area contributed by atoms with E-state index in [2.05, 4.69) is 20.5 Å². The fraction of sp³-hybridized carbons (Fsp3) is 0.0588. The van der Waals surface area contributed by atoms with Crippen molar-refractivity contribution in [3.05, 3.63) is 77.1 Å². The van der Waals surface area contributed by atoms with Gasteiger partial charge >= 0.3 is 0 Å². The Morgan fingerprint density at radius 1 is 1.27 bits per heavy atom. The average molecular weight is 371 g/mol. The predicted octanol–water partition coefficient (Wildman–Crippen LogP) is 3.02. The standard InChI is InChI=1S/C17H12ClFN6O/c18-14-10-24(9-11-2-4-12(19)5-3-11)23-15(14)22-17(26)13-8-21-25-7-1-6-20-16(13)25/h1-8,10H,9H2,(H,22,23,26). The molecule has 0 fully saturated rings. The largest absolute Gasteiger partial charge is 0.304 e. The van der Waals surface area contributed by atoms with E-state index in [1.54, 1.807) is 41.5 Å². The van der Waals surface area contributed by atoms with E-state index in [4.69, 9.17) is 11.6 Å². The highest BCUT2D eigenvalue weighted by Gasteiger charge is 2.17. The summed E-state index contributed by atoms with van der Waals surface area (Å²) in [7, 11) is 0. The molecule has 130 valence electrons. The van der Waals surface area contributed by atoms with Crippen LogP contribution in [-0.2, 0) is 6.54 Å². The number of hydrogen-bond donors (Lipinski definition) is 1. The van der Waals surface area contributed by atoms with Gasteiger partial charge in [-0.15, -0.1) is 0 Å². The number of carbonyl (C=O) groups is 1. The van der Waals surface area contributed by atoms with Gasteiger partial charge in [-0.2, -0.15) is 10.2 Å². The molecule has 0 aliphatic rings. The van der Waals surface area contributed by atoms with Crippen LogP contribution in [0.3, 0.4) is 0 Å².